The minimum absolute atomic E-state index is 0.136. The van der Waals surface area contributed by atoms with Gasteiger partial charge in [0.2, 0.25) is 5.91 Å². The Bertz CT molecular complexity index is 1110. The minimum atomic E-state index is -0.231. The number of rotatable bonds is 7. The molecule has 0 aliphatic heterocycles. The van der Waals surface area contributed by atoms with Crippen LogP contribution < -0.4 is 15.5 Å². The molecule has 7 heteroatoms. The van der Waals surface area contributed by atoms with Crippen LogP contribution in [-0.4, -0.2) is 23.5 Å². The van der Waals surface area contributed by atoms with Gasteiger partial charge in [-0.3, -0.25) is 9.59 Å². The lowest BCUT2D eigenvalue weighted by atomic mass is 10.1. The highest BCUT2D eigenvalue weighted by molar-refractivity contribution is 7.80. The van der Waals surface area contributed by atoms with E-state index < -0.39 is 0 Å². The molecule has 0 aliphatic carbocycles. The number of carbonyl (C=O) groups excluding carboxylic acids is 2. The molecule has 0 saturated heterocycles. The number of nitrogens with zero attached hydrogens (tertiary/aromatic N) is 1. The molecule has 0 heterocycles. The van der Waals surface area contributed by atoms with Gasteiger partial charge in [0.15, 0.2) is 5.11 Å². The highest BCUT2D eigenvalue weighted by Gasteiger charge is 2.19. The van der Waals surface area contributed by atoms with Gasteiger partial charge >= 0.3 is 0 Å². The van der Waals surface area contributed by atoms with E-state index in [0.717, 1.165) is 11.3 Å². The van der Waals surface area contributed by atoms with E-state index in [2.05, 4.69) is 10.6 Å². The van der Waals surface area contributed by atoms with E-state index in [1.54, 1.807) is 35.2 Å². The number of amides is 2. The molecule has 2 N–H and O–H groups in total. The van der Waals surface area contributed by atoms with Crippen molar-refractivity contribution >= 4 is 52.1 Å². The number of anilines is 2. The van der Waals surface area contributed by atoms with Crippen molar-refractivity contribution in [2.75, 3.05) is 16.8 Å². The molecule has 3 aromatic rings. The highest BCUT2D eigenvalue weighted by atomic mass is 35.5. The first-order valence-electron chi connectivity index (χ1n) is 10.3. The summed E-state index contributed by atoms with van der Waals surface area (Å²) in [6.45, 7) is 2.44. The Morgan fingerprint density at radius 1 is 0.938 bits per heavy atom. The summed E-state index contributed by atoms with van der Waals surface area (Å²) in [6, 6.07) is 24.0. The molecule has 3 rings (SSSR count). The second-order valence-electron chi connectivity index (χ2n) is 7.02. The minimum Gasteiger partial charge on any atom is -0.332 e. The van der Waals surface area contributed by atoms with Crippen molar-refractivity contribution in [1.82, 2.24) is 5.32 Å². The number of para-hydroxylation sites is 2. The average Bonchev–Trinajstić information content (AvgIpc) is 2.80. The molecule has 0 radical (unpaired) electrons. The number of hydrogen-bond donors (Lipinski definition) is 2. The fourth-order valence-electron chi connectivity index (χ4n) is 3.27. The van der Waals surface area contributed by atoms with Crippen molar-refractivity contribution in [3.63, 3.8) is 0 Å². The molecular formula is C25H24ClN3O2S. The third kappa shape index (κ3) is 6.15. The number of thiocarbonyl (C=S) groups is 1. The van der Waals surface area contributed by atoms with Crippen LogP contribution in [0.5, 0.6) is 0 Å². The summed E-state index contributed by atoms with van der Waals surface area (Å²) in [5.74, 6) is -0.389. The van der Waals surface area contributed by atoms with Crippen molar-refractivity contribution in [1.29, 1.82) is 0 Å². The van der Waals surface area contributed by atoms with Gasteiger partial charge in [0.05, 0.1) is 11.3 Å². The second-order valence-corrected chi connectivity index (χ2v) is 7.84. The van der Waals surface area contributed by atoms with Gasteiger partial charge in [0, 0.05) is 23.7 Å². The number of aryl methyl sites for hydroxylation is 1. The molecule has 3 aromatic carbocycles. The van der Waals surface area contributed by atoms with Gasteiger partial charge in [-0.25, -0.2) is 0 Å². The quantitative estimate of drug-likeness (QED) is 0.455. The third-order valence-electron chi connectivity index (χ3n) is 4.87. The predicted molar refractivity (Wildman–Crippen MR) is 134 cm³/mol. The molecular weight excluding hydrogens is 442 g/mol. The molecule has 0 unspecified atom stereocenters. The summed E-state index contributed by atoms with van der Waals surface area (Å²) in [7, 11) is 0. The Balaban J connectivity index is 1.65. The molecule has 5 nitrogen and oxygen atoms in total. The van der Waals surface area contributed by atoms with Crippen LogP contribution >= 0.6 is 23.8 Å². The smallest absolute Gasteiger partial charge is 0.260 e. The zero-order chi connectivity index (χ0) is 22.9. The zero-order valence-corrected chi connectivity index (χ0v) is 19.2. The predicted octanol–water partition coefficient (Wildman–Crippen LogP) is 5.45. The fraction of sp³-hybridized carbons (Fsp3) is 0.160. The first-order chi connectivity index (χ1) is 15.5. The lowest BCUT2D eigenvalue weighted by Crippen LogP contribution is -2.36. The van der Waals surface area contributed by atoms with Crippen LogP contribution in [0.4, 0.5) is 11.4 Å². The van der Waals surface area contributed by atoms with Crippen LogP contribution in [0.25, 0.3) is 0 Å². The maximum atomic E-state index is 13.2. The summed E-state index contributed by atoms with van der Waals surface area (Å²) in [5, 5.41) is 6.43. The van der Waals surface area contributed by atoms with Crippen LogP contribution in [0.15, 0.2) is 78.9 Å². The molecule has 0 atom stereocenters. The van der Waals surface area contributed by atoms with Gasteiger partial charge in [-0.2, -0.15) is 0 Å². The number of hydrogen-bond acceptors (Lipinski definition) is 3. The Morgan fingerprint density at radius 3 is 2.31 bits per heavy atom. The van der Waals surface area contributed by atoms with Crippen molar-refractivity contribution in [3.8, 4) is 0 Å². The van der Waals surface area contributed by atoms with E-state index in [1.807, 2.05) is 55.5 Å². The molecule has 0 bridgehead atoms. The van der Waals surface area contributed by atoms with Crippen molar-refractivity contribution < 1.29 is 9.59 Å². The van der Waals surface area contributed by atoms with Crippen LogP contribution in [0.3, 0.4) is 0 Å². The number of nitrogens with one attached hydrogen (secondary N) is 2. The molecule has 0 aliphatic rings. The molecule has 2 amide bonds. The third-order valence-corrected chi connectivity index (χ3v) is 5.44. The summed E-state index contributed by atoms with van der Waals surface area (Å²) in [5.41, 5.74) is 2.71. The Hall–Kier alpha value is -3.22. The normalized spacial score (nSPS) is 10.3. The standard InChI is InChI=1S/C25H24ClN3O2S/c1-2-29(19-11-4-3-5-12-19)24(31)20-13-7-9-15-22(20)27-25(32)28-23(30)17-16-18-10-6-8-14-21(18)26/h3-15H,2,16-17H2,1H3,(H2,27,28,30,32). The lowest BCUT2D eigenvalue weighted by molar-refractivity contribution is -0.119. The Morgan fingerprint density at radius 2 is 1.59 bits per heavy atom. The summed E-state index contributed by atoms with van der Waals surface area (Å²) in [6.07, 6.45) is 0.746. The molecule has 0 aromatic heterocycles. The first-order valence-corrected chi connectivity index (χ1v) is 11.1. The number of carbonyl (C=O) groups is 2. The van der Waals surface area contributed by atoms with Gasteiger partial charge < -0.3 is 15.5 Å². The van der Waals surface area contributed by atoms with Crippen molar-refractivity contribution in [3.05, 3.63) is 95.0 Å². The summed E-state index contributed by atoms with van der Waals surface area (Å²) in [4.78, 5) is 27.3. The second kappa shape index (κ2) is 11.4. The molecule has 164 valence electrons. The average molecular weight is 466 g/mol. The van der Waals surface area contributed by atoms with Gasteiger partial charge in [-0.05, 0) is 61.5 Å². The van der Waals surface area contributed by atoms with E-state index in [1.165, 1.54) is 0 Å². The highest BCUT2D eigenvalue weighted by Crippen LogP contribution is 2.22. The van der Waals surface area contributed by atoms with Crippen LogP contribution in [-0.2, 0) is 11.2 Å². The summed E-state index contributed by atoms with van der Waals surface area (Å²) >= 11 is 11.5. The van der Waals surface area contributed by atoms with Gasteiger partial charge in [-0.15, -0.1) is 0 Å². The lowest BCUT2D eigenvalue weighted by Gasteiger charge is -2.23. The van der Waals surface area contributed by atoms with E-state index in [9.17, 15) is 9.59 Å². The Kier molecular flexibility index (Phi) is 8.36. The fourth-order valence-corrected chi connectivity index (χ4v) is 3.72. The Labute approximate surface area is 198 Å². The largest absolute Gasteiger partial charge is 0.332 e. The van der Waals surface area contributed by atoms with E-state index in [-0.39, 0.29) is 23.3 Å². The van der Waals surface area contributed by atoms with Crippen LogP contribution in [0.1, 0.15) is 29.3 Å². The van der Waals surface area contributed by atoms with Gasteiger partial charge in [-0.1, -0.05) is 60.1 Å². The number of halogens is 1. The molecule has 32 heavy (non-hydrogen) atoms. The van der Waals surface area contributed by atoms with Crippen molar-refractivity contribution in [2.24, 2.45) is 0 Å². The zero-order valence-electron chi connectivity index (χ0n) is 17.7. The number of benzene rings is 3. The van der Waals surface area contributed by atoms with Crippen LogP contribution in [0.2, 0.25) is 5.02 Å². The topological polar surface area (TPSA) is 61.4 Å². The maximum absolute atomic E-state index is 13.2. The van der Waals surface area contributed by atoms with E-state index >= 15 is 0 Å². The van der Waals surface area contributed by atoms with E-state index in [0.29, 0.717) is 29.2 Å². The monoisotopic (exact) mass is 465 g/mol. The molecule has 0 saturated carbocycles. The SMILES string of the molecule is CCN(C(=O)c1ccccc1NC(=S)NC(=O)CCc1ccccc1Cl)c1ccccc1. The van der Waals surface area contributed by atoms with Crippen molar-refractivity contribution in [2.45, 2.75) is 19.8 Å². The van der Waals surface area contributed by atoms with E-state index in [4.69, 9.17) is 23.8 Å². The first kappa shape index (κ1) is 23.4. The summed E-state index contributed by atoms with van der Waals surface area (Å²) < 4.78 is 0. The maximum Gasteiger partial charge on any atom is 0.260 e. The van der Waals surface area contributed by atoms with Crippen LogP contribution in [0, 0.1) is 0 Å². The molecule has 0 spiro atoms. The van der Waals surface area contributed by atoms with Gasteiger partial charge in [0.25, 0.3) is 5.91 Å². The molecule has 0 fully saturated rings. The van der Waals surface area contributed by atoms with Gasteiger partial charge in [0.1, 0.15) is 0 Å².